The Morgan fingerprint density at radius 1 is 1.24 bits per heavy atom. The van der Waals surface area contributed by atoms with Crippen LogP contribution in [0.25, 0.3) is 10.8 Å². The van der Waals surface area contributed by atoms with E-state index in [1.807, 2.05) is 32.3 Å². The van der Waals surface area contributed by atoms with Gasteiger partial charge in [0, 0.05) is 23.7 Å². The van der Waals surface area contributed by atoms with Gasteiger partial charge in [-0.3, -0.25) is 4.79 Å². The summed E-state index contributed by atoms with van der Waals surface area (Å²) in [6, 6.07) is 12.9. The third-order valence-corrected chi connectivity index (χ3v) is 8.03. The van der Waals surface area contributed by atoms with Crippen LogP contribution < -0.4 is 10.5 Å². The van der Waals surface area contributed by atoms with Crippen LogP contribution in [0.1, 0.15) is 50.3 Å². The highest BCUT2D eigenvalue weighted by Crippen LogP contribution is 2.39. The van der Waals surface area contributed by atoms with Gasteiger partial charge in [-0.15, -0.1) is 0 Å². The number of halogens is 1. The topological polar surface area (TPSA) is 98.3 Å². The van der Waals surface area contributed by atoms with Gasteiger partial charge in [0.15, 0.2) is 5.60 Å². The summed E-state index contributed by atoms with van der Waals surface area (Å²) in [6.07, 6.45) is 6.92. The first-order valence-electron chi connectivity index (χ1n) is 13.6. The molecule has 8 heteroatoms. The minimum atomic E-state index is -1.65. The van der Waals surface area contributed by atoms with E-state index in [4.69, 9.17) is 15.5 Å². The Morgan fingerprint density at radius 2 is 2.03 bits per heavy atom. The maximum Gasteiger partial charge on any atom is 0.255 e. The second-order valence-electron chi connectivity index (χ2n) is 11.2. The average molecular weight is 524 g/mol. The van der Waals surface area contributed by atoms with Crippen molar-refractivity contribution >= 4 is 16.7 Å². The standard InChI is InChI=1S/C30H39FN4O3/c1-4-5-9-24-18-23-8-6-7-10-25(23)28(34-24)38-16-15-35(2,3)26-13-11-21(19-30(26,37)29(32)36)17-22-12-14-27(31)33-20-22/h6-8,10,12,14,18,20-21,26,37H,4-5,9,11,13,15-17,19H2,1-3H3,(H-,32,36)/p+1/t21?,26-,30-/m0/s1. The number of unbranched alkanes of at least 4 members (excludes halogenated alkanes) is 1. The predicted octanol–water partition coefficient (Wildman–Crippen LogP) is 4.19. The summed E-state index contributed by atoms with van der Waals surface area (Å²) < 4.78 is 19.8. The fraction of sp³-hybridized carbons (Fsp3) is 0.500. The maximum atomic E-state index is 13.2. The molecule has 3 atom stereocenters. The number of ether oxygens (including phenoxy) is 1. The number of benzene rings is 1. The summed E-state index contributed by atoms with van der Waals surface area (Å²) in [7, 11) is 4.02. The molecule has 7 nitrogen and oxygen atoms in total. The van der Waals surface area contributed by atoms with E-state index in [1.165, 1.54) is 12.3 Å². The highest BCUT2D eigenvalue weighted by molar-refractivity contribution is 5.87. The highest BCUT2D eigenvalue weighted by Gasteiger charge is 2.54. The average Bonchev–Trinajstić information content (AvgIpc) is 2.88. The van der Waals surface area contributed by atoms with Crippen LogP contribution in [-0.4, -0.2) is 64.4 Å². The van der Waals surface area contributed by atoms with Crippen LogP contribution in [0.2, 0.25) is 0 Å². The van der Waals surface area contributed by atoms with Crippen LogP contribution in [0.5, 0.6) is 5.88 Å². The van der Waals surface area contributed by atoms with Gasteiger partial charge in [-0.05, 0) is 67.2 Å². The molecule has 1 saturated carbocycles. The Balaban J connectivity index is 1.45. The smallest absolute Gasteiger partial charge is 0.255 e. The summed E-state index contributed by atoms with van der Waals surface area (Å²) in [5, 5.41) is 13.7. The number of nitrogens with two attached hydrogens (primary N) is 1. The molecule has 204 valence electrons. The lowest BCUT2D eigenvalue weighted by molar-refractivity contribution is -0.922. The summed E-state index contributed by atoms with van der Waals surface area (Å²) in [4.78, 5) is 21.1. The molecule has 3 N–H and O–H groups in total. The molecule has 1 aromatic carbocycles. The van der Waals surface area contributed by atoms with Crippen LogP contribution in [0.3, 0.4) is 0 Å². The lowest BCUT2D eigenvalue weighted by Gasteiger charge is -2.49. The van der Waals surface area contributed by atoms with Crippen LogP contribution in [0.15, 0.2) is 48.7 Å². The maximum absolute atomic E-state index is 13.2. The summed E-state index contributed by atoms with van der Waals surface area (Å²) in [5.74, 6) is -0.555. The zero-order valence-corrected chi connectivity index (χ0v) is 22.7. The van der Waals surface area contributed by atoms with Crippen molar-refractivity contribution in [1.29, 1.82) is 0 Å². The van der Waals surface area contributed by atoms with Gasteiger partial charge in [0.05, 0.1) is 14.1 Å². The Hall–Kier alpha value is -3.10. The molecule has 38 heavy (non-hydrogen) atoms. The summed E-state index contributed by atoms with van der Waals surface area (Å²) >= 11 is 0. The van der Waals surface area contributed by atoms with E-state index in [0.29, 0.717) is 36.4 Å². The number of amides is 1. The minimum absolute atomic E-state index is 0.0497. The van der Waals surface area contributed by atoms with Gasteiger partial charge in [0.25, 0.3) is 5.91 Å². The van der Waals surface area contributed by atoms with Gasteiger partial charge in [0.1, 0.15) is 19.2 Å². The molecule has 0 bridgehead atoms. The monoisotopic (exact) mass is 523 g/mol. The number of rotatable bonds is 11. The van der Waals surface area contributed by atoms with Crippen molar-refractivity contribution in [1.82, 2.24) is 9.97 Å². The number of aliphatic hydroxyl groups is 1. The Morgan fingerprint density at radius 3 is 2.74 bits per heavy atom. The highest BCUT2D eigenvalue weighted by atomic mass is 19.1. The molecule has 1 amide bonds. The van der Waals surface area contributed by atoms with Crippen LogP contribution in [0, 0.1) is 11.9 Å². The number of carbonyl (C=O) groups excluding carboxylic acids is 1. The van der Waals surface area contributed by atoms with E-state index in [-0.39, 0.29) is 18.4 Å². The van der Waals surface area contributed by atoms with Crippen molar-refractivity contribution in [2.75, 3.05) is 27.2 Å². The second kappa shape index (κ2) is 11.7. The Labute approximate surface area is 224 Å². The molecule has 3 aromatic rings. The van der Waals surface area contributed by atoms with E-state index in [0.717, 1.165) is 47.7 Å². The van der Waals surface area contributed by atoms with Crippen molar-refractivity contribution in [2.24, 2.45) is 11.7 Å². The van der Waals surface area contributed by atoms with Gasteiger partial charge in [0.2, 0.25) is 11.8 Å². The van der Waals surface area contributed by atoms with Crippen molar-refractivity contribution < 1.29 is 23.5 Å². The summed E-state index contributed by atoms with van der Waals surface area (Å²) in [6.45, 7) is 3.12. The first-order chi connectivity index (χ1) is 18.1. The number of hydrogen-bond acceptors (Lipinski definition) is 5. The van der Waals surface area contributed by atoms with Gasteiger partial charge >= 0.3 is 0 Å². The zero-order chi connectivity index (χ0) is 27.3. The third-order valence-electron chi connectivity index (χ3n) is 8.03. The quantitative estimate of drug-likeness (QED) is 0.290. The van der Waals surface area contributed by atoms with Crippen LogP contribution in [0.4, 0.5) is 4.39 Å². The van der Waals surface area contributed by atoms with E-state index >= 15 is 0 Å². The van der Waals surface area contributed by atoms with E-state index in [1.54, 1.807) is 6.07 Å². The summed E-state index contributed by atoms with van der Waals surface area (Å²) in [5.41, 5.74) is 6.05. The lowest BCUT2D eigenvalue weighted by Crippen LogP contribution is -2.68. The number of primary amides is 1. The van der Waals surface area contributed by atoms with E-state index in [9.17, 15) is 14.3 Å². The van der Waals surface area contributed by atoms with E-state index in [2.05, 4.69) is 24.0 Å². The van der Waals surface area contributed by atoms with Gasteiger partial charge in [-0.25, -0.2) is 9.97 Å². The van der Waals surface area contributed by atoms with E-state index < -0.39 is 17.5 Å². The van der Waals surface area contributed by atoms with Gasteiger partial charge in [-0.2, -0.15) is 4.39 Å². The van der Waals surface area contributed by atoms with Crippen molar-refractivity contribution in [3.05, 3.63) is 65.9 Å². The number of aryl methyl sites for hydroxylation is 1. The molecular formula is C30H40FN4O3+. The lowest BCUT2D eigenvalue weighted by atomic mass is 9.71. The van der Waals surface area contributed by atoms with Crippen molar-refractivity contribution in [3.8, 4) is 5.88 Å². The minimum Gasteiger partial charge on any atom is -0.471 e. The number of hydrogen-bond donors (Lipinski definition) is 2. The van der Waals surface area contributed by atoms with Crippen LogP contribution >= 0.6 is 0 Å². The molecule has 1 aliphatic carbocycles. The Bertz CT molecular complexity index is 1250. The molecule has 1 fully saturated rings. The molecule has 1 unspecified atom stereocenters. The normalized spacial score (nSPS) is 21.9. The molecule has 1 aliphatic rings. The van der Waals surface area contributed by atoms with Gasteiger partial charge < -0.3 is 20.1 Å². The number of carbonyl (C=O) groups is 1. The largest absolute Gasteiger partial charge is 0.471 e. The molecule has 0 spiro atoms. The van der Waals surface area contributed by atoms with Crippen LogP contribution in [-0.2, 0) is 17.6 Å². The first kappa shape index (κ1) is 27.9. The number of quaternary nitrogens is 1. The van der Waals surface area contributed by atoms with Crippen molar-refractivity contribution in [3.63, 3.8) is 0 Å². The fourth-order valence-corrected chi connectivity index (χ4v) is 5.89. The molecule has 2 heterocycles. The Kier molecular flexibility index (Phi) is 8.63. The molecule has 2 aromatic heterocycles. The number of pyridine rings is 2. The fourth-order valence-electron chi connectivity index (χ4n) is 5.89. The predicted molar refractivity (Wildman–Crippen MR) is 146 cm³/mol. The molecule has 4 rings (SSSR count). The molecule has 0 saturated heterocycles. The number of aromatic nitrogens is 2. The third kappa shape index (κ3) is 6.30. The SMILES string of the molecule is CCCCc1cc2ccccc2c(OCC[N+](C)(C)[C@H]2CCC(Cc3ccc(F)nc3)C[C@@]2(O)C(N)=O)n1. The number of fused-ring (bicyclic) bond motifs is 1. The second-order valence-corrected chi connectivity index (χ2v) is 11.2. The molecule has 0 radical (unpaired) electrons. The van der Waals surface area contributed by atoms with Crippen molar-refractivity contribution in [2.45, 2.75) is 63.5 Å². The molecule has 0 aliphatic heterocycles. The molecular weight excluding hydrogens is 483 g/mol. The number of nitrogens with zero attached hydrogens (tertiary/aromatic N) is 3. The zero-order valence-electron chi connectivity index (χ0n) is 22.7. The first-order valence-corrected chi connectivity index (χ1v) is 13.6. The number of likely N-dealkylation sites (N-methyl/N-ethyl adjacent to an activating group) is 1. The van der Waals surface area contributed by atoms with Gasteiger partial charge in [-0.1, -0.05) is 37.6 Å².